The van der Waals surface area contributed by atoms with E-state index in [9.17, 15) is 10.0 Å². The SMILES string of the molecule is COCCCN1CCOc2ccc(COC3CN(C(=O)OCc4ccccc4)CC(O[Si](C(C)C)(C(C)C)C(C)C)C3c3ccc(Oc4cccc[n+]4[O-])cc3)cc21. The zero-order valence-corrected chi connectivity index (χ0v) is 36.2. The first-order chi connectivity index (χ1) is 28.0. The number of rotatable bonds is 17. The third kappa shape index (κ3) is 10.1. The van der Waals surface area contributed by atoms with Crippen LogP contribution in [0, 0.1) is 5.21 Å². The Morgan fingerprint density at radius 3 is 2.26 bits per heavy atom. The van der Waals surface area contributed by atoms with E-state index in [-0.39, 0.29) is 24.5 Å². The molecule has 58 heavy (non-hydrogen) atoms. The molecule has 2 aliphatic heterocycles. The molecule has 1 aromatic heterocycles. The van der Waals surface area contributed by atoms with Crippen LogP contribution in [0.15, 0.2) is 97.2 Å². The molecule has 0 aliphatic carbocycles. The molecule has 3 unspecified atom stereocenters. The minimum atomic E-state index is -2.47. The molecule has 11 nitrogen and oxygen atoms in total. The number of hydrogen-bond donors (Lipinski definition) is 0. The summed E-state index contributed by atoms with van der Waals surface area (Å²) in [4.78, 5) is 18.1. The van der Waals surface area contributed by atoms with Gasteiger partial charge in [0.15, 0.2) is 6.20 Å². The van der Waals surface area contributed by atoms with Gasteiger partial charge in [0, 0.05) is 38.8 Å². The number of benzene rings is 3. The second kappa shape index (κ2) is 19.9. The summed E-state index contributed by atoms with van der Waals surface area (Å²) < 4.78 is 38.6. The van der Waals surface area contributed by atoms with Gasteiger partial charge in [0.25, 0.3) is 0 Å². The third-order valence-corrected chi connectivity index (χ3v) is 17.8. The van der Waals surface area contributed by atoms with Gasteiger partial charge in [0.05, 0.1) is 43.7 Å². The van der Waals surface area contributed by atoms with E-state index in [1.165, 1.54) is 6.20 Å². The molecule has 6 rings (SSSR count). The van der Waals surface area contributed by atoms with Crippen molar-refractivity contribution in [1.82, 2.24) is 4.90 Å². The fourth-order valence-electron chi connectivity index (χ4n) is 8.92. The van der Waals surface area contributed by atoms with Crippen molar-refractivity contribution in [2.24, 2.45) is 0 Å². The maximum absolute atomic E-state index is 14.0. The fraction of sp³-hybridized carbons (Fsp3) is 0.478. The second-order valence-electron chi connectivity index (χ2n) is 16.3. The summed E-state index contributed by atoms with van der Waals surface area (Å²) in [5.74, 6) is 1.36. The van der Waals surface area contributed by atoms with E-state index in [4.69, 9.17) is 28.1 Å². The highest BCUT2D eigenvalue weighted by molar-refractivity contribution is 6.77. The van der Waals surface area contributed by atoms with Gasteiger partial charge in [-0.05, 0) is 70.1 Å². The first-order valence-electron chi connectivity index (χ1n) is 20.7. The highest BCUT2D eigenvalue weighted by atomic mass is 28.4. The number of nitrogens with zero attached hydrogens (tertiary/aromatic N) is 3. The molecule has 4 aromatic rings. The van der Waals surface area contributed by atoms with Crippen molar-refractivity contribution >= 4 is 20.1 Å². The van der Waals surface area contributed by atoms with Crippen LogP contribution in [-0.4, -0.2) is 78.0 Å². The van der Waals surface area contributed by atoms with Crippen molar-refractivity contribution in [2.75, 3.05) is 51.4 Å². The summed E-state index contributed by atoms with van der Waals surface area (Å²) in [6.45, 7) is 17.8. The van der Waals surface area contributed by atoms with Gasteiger partial charge in [-0.2, -0.15) is 0 Å². The maximum Gasteiger partial charge on any atom is 0.410 e. The van der Waals surface area contributed by atoms with Gasteiger partial charge in [-0.3, -0.25) is 0 Å². The van der Waals surface area contributed by atoms with Crippen LogP contribution in [0.1, 0.15) is 70.6 Å². The lowest BCUT2D eigenvalue weighted by atomic mass is 9.84. The lowest BCUT2D eigenvalue weighted by Gasteiger charge is -2.50. The molecule has 3 atom stereocenters. The van der Waals surface area contributed by atoms with E-state index in [0.29, 0.717) is 60.0 Å². The zero-order chi connectivity index (χ0) is 41.2. The van der Waals surface area contributed by atoms with Gasteiger partial charge in [0.2, 0.25) is 8.32 Å². The molecular formula is C46H61N3O8Si. The average molecular weight is 812 g/mol. The van der Waals surface area contributed by atoms with E-state index in [1.54, 1.807) is 30.2 Å². The predicted octanol–water partition coefficient (Wildman–Crippen LogP) is 9.23. The number of amides is 1. The van der Waals surface area contributed by atoms with Gasteiger partial charge in [0.1, 0.15) is 24.7 Å². The number of fused-ring (bicyclic) bond motifs is 1. The summed E-state index contributed by atoms with van der Waals surface area (Å²) >= 11 is 0. The van der Waals surface area contributed by atoms with Crippen LogP contribution >= 0.6 is 0 Å². The summed E-state index contributed by atoms with van der Waals surface area (Å²) in [5, 5.41) is 12.4. The molecule has 1 fully saturated rings. The summed E-state index contributed by atoms with van der Waals surface area (Å²) in [6, 6.07) is 28.9. The average Bonchev–Trinajstić information content (AvgIpc) is 3.22. The van der Waals surface area contributed by atoms with Crippen LogP contribution in [0.4, 0.5) is 10.5 Å². The Kier molecular flexibility index (Phi) is 14.7. The Labute approximate surface area is 345 Å². The van der Waals surface area contributed by atoms with Crippen molar-refractivity contribution in [3.8, 4) is 17.4 Å². The van der Waals surface area contributed by atoms with Gasteiger partial charge in [-0.1, -0.05) is 90.1 Å². The van der Waals surface area contributed by atoms with Gasteiger partial charge in [-0.15, -0.1) is 4.73 Å². The van der Waals surface area contributed by atoms with Crippen LogP contribution in [0.25, 0.3) is 0 Å². The maximum atomic E-state index is 14.0. The highest BCUT2D eigenvalue weighted by Gasteiger charge is 2.51. The largest absolute Gasteiger partial charge is 0.616 e. The number of carbonyl (C=O) groups excluding carboxylic acids is 1. The van der Waals surface area contributed by atoms with Crippen LogP contribution in [0.5, 0.6) is 17.4 Å². The van der Waals surface area contributed by atoms with Gasteiger partial charge >= 0.3 is 12.0 Å². The number of piperidine rings is 1. The zero-order valence-electron chi connectivity index (χ0n) is 35.2. The number of methoxy groups -OCH3 is 1. The topological polar surface area (TPSA) is 106 Å². The Bertz CT molecular complexity index is 1890. The smallest absolute Gasteiger partial charge is 0.410 e. The van der Waals surface area contributed by atoms with E-state index in [1.807, 2.05) is 60.7 Å². The van der Waals surface area contributed by atoms with Gasteiger partial charge < -0.3 is 43.1 Å². The van der Waals surface area contributed by atoms with Crippen LogP contribution in [0.2, 0.25) is 16.6 Å². The van der Waals surface area contributed by atoms with Crippen LogP contribution < -0.4 is 19.1 Å². The van der Waals surface area contributed by atoms with Crippen molar-refractivity contribution < 1.29 is 37.6 Å². The van der Waals surface area contributed by atoms with Crippen molar-refractivity contribution in [1.29, 1.82) is 0 Å². The molecule has 0 spiro atoms. The lowest BCUT2D eigenvalue weighted by Crippen LogP contribution is -2.59. The number of likely N-dealkylation sites (tertiary alicyclic amines) is 1. The molecule has 0 N–H and O–H groups in total. The monoisotopic (exact) mass is 811 g/mol. The number of aromatic nitrogens is 1. The van der Waals surface area contributed by atoms with E-state index in [0.717, 1.165) is 47.6 Å². The first kappa shape index (κ1) is 43.0. The molecule has 0 radical (unpaired) electrons. The van der Waals surface area contributed by atoms with E-state index < -0.39 is 20.5 Å². The minimum absolute atomic E-state index is 0.170. The molecule has 1 saturated heterocycles. The normalized spacial score (nSPS) is 18.3. The van der Waals surface area contributed by atoms with Crippen molar-refractivity contribution in [2.45, 2.75) is 95.9 Å². The molecule has 12 heteroatoms. The summed E-state index contributed by atoms with van der Waals surface area (Å²) in [7, 11) is -0.744. The minimum Gasteiger partial charge on any atom is -0.616 e. The van der Waals surface area contributed by atoms with Crippen molar-refractivity contribution in [3.05, 3.63) is 119 Å². The number of anilines is 1. The quantitative estimate of drug-likeness (QED) is 0.0447. The van der Waals surface area contributed by atoms with E-state index in [2.05, 4.69) is 58.6 Å². The number of pyridine rings is 1. The van der Waals surface area contributed by atoms with Crippen LogP contribution in [0.3, 0.4) is 0 Å². The Balaban J connectivity index is 1.35. The molecule has 3 heterocycles. The molecular weight excluding hydrogens is 751 g/mol. The Hall–Kier alpha value is -4.62. The number of hydrogen-bond acceptors (Lipinski definition) is 9. The first-order valence-corrected chi connectivity index (χ1v) is 22.8. The molecule has 2 aliphatic rings. The fourth-order valence-corrected chi connectivity index (χ4v) is 14.5. The molecule has 0 saturated carbocycles. The number of ether oxygens (including phenoxy) is 5. The standard InChI is InChI=1S/C46H61N3O8Si/c1-33(2)58(34(3)4,35(5)6)57-43-30-48(46(50)55-31-36-14-9-8-10-15-36)29-42(45(43)38-18-20-39(21-19-38)56-44-16-11-12-24-49(44)51)54-32-37-17-22-41-40(28-37)47(25-27-53-41)23-13-26-52-7/h8-12,14-22,24,28,33-35,42-43,45H,13,23,25-27,29-32H2,1-7H3. The highest BCUT2D eigenvalue weighted by Crippen LogP contribution is 2.46. The molecule has 1 amide bonds. The predicted molar refractivity (Wildman–Crippen MR) is 228 cm³/mol. The van der Waals surface area contributed by atoms with Crippen LogP contribution in [-0.2, 0) is 31.9 Å². The molecule has 3 aromatic carbocycles. The molecule has 312 valence electrons. The van der Waals surface area contributed by atoms with E-state index >= 15 is 0 Å². The van der Waals surface area contributed by atoms with Gasteiger partial charge in [-0.25, -0.2) is 4.79 Å². The summed E-state index contributed by atoms with van der Waals surface area (Å²) in [6.07, 6.45) is 1.09. The Morgan fingerprint density at radius 1 is 0.862 bits per heavy atom. The third-order valence-electron chi connectivity index (χ3n) is 11.6. The van der Waals surface area contributed by atoms with Crippen molar-refractivity contribution in [3.63, 3.8) is 0 Å². The Morgan fingerprint density at radius 2 is 1.57 bits per heavy atom. The number of carbonyl (C=O) groups is 1. The molecule has 0 bridgehead atoms. The summed E-state index contributed by atoms with van der Waals surface area (Å²) in [5.41, 5.74) is 4.93. The lowest BCUT2D eigenvalue weighted by molar-refractivity contribution is -0.611. The second-order valence-corrected chi connectivity index (χ2v) is 21.7.